The second kappa shape index (κ2) is 6.93. The zero-order chi connectivity index (χ0) is 19.3. The van der Waals surface area contributed by atoms with Gasteiger partial charge in [0.15, 0.2) is 0 Å². The number of nitrogens with zero attached hydrogens (tertiary/aromatic N) is 2. The molecule has 6 heteroatoms. The van der Waals surface area contributed by atoms with Crippen LogP contribution in [0.5, 0.6) is 0 Å². The lowest BCUT2D eigenvalue weighted by Gasteiger charge is -2.14. The average Bonchev–Trinajstić information content (AvgIpc) is 3.06. The van der Waals surface area contributed by atoms with Gasteiger partial charge in [-0.3, -0.25) is 9.69 Å². The molecule has 2 aromatic carbocycles. The van der Waals surface area contributed by atoms with Crippen molar-refractivity contribution in [2.45, 2.75) is 13.8 Å². The molecule has 2 heterocycles. The lowest BCUT2D eigenvalue weighted by Crippen LogP contribution is -2.22. The van der Waals surface area contributed by atoms with Gasteiger partial charge < -0.3 is 4.57 Å². The van der Waals surface area contributed by atoms with Crippen LogP contribution in [0.2, 0.25) is 0 Å². The number of hydrogen-bond donors (Lipinski definition) is 0. The van der Waals surface area contributed by atoms with Gasteiger partial charge in [-0.15, -0.1) is 0 Å². The molecule has 1 aliphatic heterocycles. The molecule has 3 aromatic rings. The summed E-state index contributed by atoms with van der Waals surface area (Å²) in [6.07, 6.45) is 1.95. The number of thioether (sulfide) groups is 1. The predicted molar refractivity (Wildman–Crippen MR) is 121 cm³/mol. The normalized spacial score (nSPS) is 16.1. The van der Waals surface area contributed by atoms with Crippen molar-refractivity contribution in [3.8, 4) is 5.69 Å². The van der Waals surface area contributed by atoms with E-state index in [1.54, 1.807) is 7.05 Å². The van der Waals surface area contributed by atoms with E-state index < -0.39 is 0 Å². The first kappa shape index (κ1) is 18.5. The Balaban J connectivity index is 1.87. The quantitative estimate of drug-likeness (QED) is 0.357. The fourth-order valence-electron chi connectivity index (χ4n) is 3.43. The minimum Gasteiger partial charge on any atom is -0.317 e. The molecule has 4 rings (SSSR count). The first-order valence-electron chi connectivity index (χ1n) is 8.46. The molecule has 0 N–H and O–H groups in total. The van der Waals surface area contributed by atoms with Gasteiger partial charge in [-0.05, 0) is 49.1 Å². The van der Waals surface area contributed by atoms with Gasteiger partial charge in [0, 0.05) is 28.3 Å². The smallest absolute Gasteiger partial charge is 0.265 e. The van der Waals surface area contributed by atoms with Crippen molar-refractivity contribution < 1.29 is 4.79 Å². The lowest BCUT2D eigenvalue weighted by molar-refractivity contribution is -0.121. The van der Waals surface area contributed by atoms with Crippen LogP contribution >= 0.6 is 39.9 Å². The summed E-state index contributed by atoms with van der Waals surface area (Å²) in [6.45, 7) is 4.18. The minimum absolute atomic E-state index is 0.0381. The number of fused-ring (bicyclic) bond motifs is 1. The zero-order valence-electron chi connectivity index (χ0n) is 15.1. The SMILES string of the molecule is Cc1cc(/C=C2\SC(=S)N(C)C2=O)c(C)n1-c1ccc(Br)c2ccccc12. The minimum atomic E-state index is -0.0381. The molecule has 0 spiro atoms. The molecule has 27 heavy (non-hydrogen) atoms. The Morgan fingerprint density at radius 2 is 1.81 bits per heavy atom. The predicted octanol–water partition coefficient (Wildman–Crippen LogP) is 5.84. The van der Waals surface area contributed by atoms with Crippen molar-refractivity contribution in [3.63, 3.8) is 0 Å². The largest absolute Gasteiger partial charge is 0.317 e. The van der Waals surface area contributed by atoms with Gasteiger partial charge in [0.25, 0.3) is 5.91 Å². The Hall–Kier alpha value is -1.89. The van der Waals surface area contributed by atoms with Gasteiger partial charge in [-0.25, -0.2) is 0 Å². The topological polar surface area (TPSA) is 25.2 Å². The van der Waals surface area contributed by atoms with E-state index in [0.29, 0.717) is 9.23 Å². The van der Waals surface area contributed by atoms with Crippen molar-refractivity contribution >= 4 is 67.0 Å². The van der Waals surface area contributed by atoms with Crippen LogP contribution in [-0.2, 0) is 4.79 Å². The fourth-order valence-corrected chi connectivity index (χ4v) is 5.08. The second-order valence-electron chi connectivity index (χ2n) is 6.51. The first-order chi connectivity index (χ1) is 12.9. The van der Waals surface area contributed by atoms with Crippen molar-refractivity contribution in [1.29, 1.82) is 0 Å². The standard InChI is InChI=1S/C21H17BrN2OS2/c1-12-10-14(11-19-20(25)23(3)21(26)27-19)13(2)24(12)18-9-8-17(22)15-6-4-5-7-16(15)18/h4-11H,1-3H3/b19-11-. The van der Waals surface area contributed by atoms with Crippen molar-refractivity contribution in [1.82, 2.24) is 9.47 Å². The third-order valence-electron chi connectivity index (χ3n) is 4.83. The van der Waals surface area contributed by atoms with E-state index in [0.717, 1.165) is 27.1 Å². The summed E-state index contributed by atoms with van der Waals surface area (Å²) in [4.78, 5) is 14.5. The highest BCUT2D eigenvalue weighted by Gasteiger charge is 2.29. The van der Waals surface area contributed by atoms with E-state index in [1.807, 2.05) is 12.1 Å². The Kier molecular flexibility index (Phi) is 4.74. The maximum Gasteiger partial charge on any atom is 0.265 e. The van der Waals surface area contributed by atoms with Crippen molar-refractivity contribution in [2.75, 3.05) is 7.05 Å². The number of aryl methyl sites for hydroxylation is 1. The summed E-state index contributed by atoms with van der Waals surface area (Å²) in [5.41, 5.74) is 4.39. The maximum atomic E-state index is 12.3. The number of hydrogen-bond acceptors (Lipinski definition) is 3. The highest BCUT2D eigenvalue weighted by Crippen LogP contribution is 2.35. The van der Waals surface area contributed by atoms with Crippen LogP contribution in [0.1, 0.15) is 17.0 Å². The maximum absolute atomic E-state index is 12.3. The number of carbonyl (C=O) groups is 1. The summed E-state index contributed by atoms with van der Waals surface area (Å²) in [7, 11) is 1.72. The molecule has 136 valence electrons. The van der Waals surface area contributed by atoms with Gasteiger partial charge in [-0.2, -0.15) is 0 Å². The van der Waals surface area contributed by atoms with Crippen LogP contribution in [-0.4, -0.2) is 26.7 Å². The van der Waals surface area contributed by atoms with E-state index in [9.17, 15) is 4.79 Å². The third-order valence-corrected chi connectivity index (χ3v) is 7.01. The Labute approximate surface area is 176 Å². The molecule has 1 fully saturated rings. The van der Waals surface area contributed by atoms with Gasteiger partial charge in [0.2, 0.25) is 0 Å². The van der Waals surface area contributed by atoms with E-state index >= 15 is 0 Å². The average molecular weight is 457 g/mol. The van der Waals surface area contributed by atoms with Gasteiger partial charge in [0.05, 0.1) is 10.6 Å². The fraction of sp³-hybridized carbons (Fsp3) is 0.143. The molecule has 1 saturated heterocycles. The van der Waals surface area contributed by atoms with E-state index in [1.165, 1.54) is 27.4 Å². The van der Waals surface area contributed by atoms with E-state index in [2.05, 4.69) is 70.7 Å². The zero-order valence-corrected chi connectivity index (χ0v) is 18.3. The van der Waals surface area contributed by atoms with Gasteiger partial charge >= 0.3 is 0 Å². The van der Waals surface area contributed by atoms with Crippen LogP contribution in [0, 0.1) is 13.8 Å². The molecule has 0 unspecified atom stereocenters. The number of aromatic nitrogens is 1. The molecule has 3 nitrogen and oxygen atoms in total. The molecule has 0 radical (unpaired) electrons. The molecule has 1 amide bonds. The monoisotopic (exact) mass is 456 g/mol. The van der Waals surface area contributed by atoms with Crippen molar-refractivity contribution in [2.24, 2.45) is 0 Å². The number of benzene rings is 2. The molecule has 0 bridgehead atoms. The van der Waals surface area contributed by atoms with E-state index in [-0.39, 0.29) is 5.91 Å². The van der Waals surface area contributed by atoms with Crippen LogP contribution in [0.4, 0.5) is 0 Å². The number of rotatable bonds is 2. The number of likely N-dealkylation sites (N-methyl/N-ethyl adjacent to an activating group) is 1. The number of carbonyl (C=O) groups excluding carboxylic acids is 1. The van der Waals surface area contributed by atoms with Crippen LogP contribution in [0.3, 0.4) is 0 Å². The molecule has 0 atom stereocenters. The number of halogens is 1. The lowest BCUT2D eigenvalue weighted by atomic mass is 10.1. The number of amides is 1. The second-order valence-corrected chi connectivity index (χ2v) is 9.04. The summed E-state index contributed by atoms with van der Waals surface area (Å²) >= 11 is 10.2. The summed E-state index contributed by atoms with van der Waals surface area (Å²) < 4.78 is 3.92. The Morgan fingerprint density at radius 1 is 1.11 bits per heavy atom. The first-order valence-corrected chi connectivity index (χ1v) is 10.5. The molecular formula is C21H17BrN2OS2. The van der Waals surface area contributed by atoms with Gasteiger partial charge in [0.1, 0.15) is 4.32 Å². The Bertz CT molecular complexity index is 1150. The number of thiocarbonyl (C=S) groups is 1. The van der Waals surface area contributed by atoms with Crippen LogP contribution < -0.4 is 0 Å². The molecular weight excluding hydrogens is 440 g/mol. The van der Waals surface area contributed by atoms with Gasteiger partial charge in [-0.1, -0.05) is 64.2 Å². The summed E-state index contributed by atoms with van der Waals surface area (Å²) in [5.74, 6) is -0.0381. The third kappa shape index (κ3) is 3.06. The molecule has 0 aliphatic carbocycles. The highest BCUT2D eigenvalue weighted by atomic mass is 79.9. The highest BCUT2D eigenvalue weighted by molar-refractivity contribution is 9.10. The summed E-state index contributed by atoms with van der Waals surface area (Å²) in [6, 6.07) is 14.7. The molecule has 0 saturated carbocycles. The van der Waals surface area contributed by atoms with Crippen LogP contribution in [0.25, 0.3) is 22.5 Å². The molecule has 1 aliphatic rings. The molecule has 1 aromatic heterocycles. The Morgan fingerprint density at radius 3 is 2.48 bits per heavy atom. The van der Waals surface area contributed by atoms with Crippen molar-refractivity contribution in [3.05, 3.63) is 68.8 Å². The van der Waals surface area contributed by atoms with Crippen LogP contribution in [0.15, 0.2) is 51.8 Å². The summed E-state index contributed by atoms with van der Waals surface area (Å²) in [5, 5.41) is 2.36. The van der Waals surface area contributed by atoms with E-state index in [4.69, 9.17) is 12.2 Å².